The summed E-state index contributed by atoms with van der Waals surface area (Å²) in [5.74, 6) is -0.0234. The molecule has 0 saturated heterocycles. The van der Waals surface area contributed by atoms with Crippen LogP contribution in [0, 0.1) is 6.92 Å². The number of aryl methyl sites for hydroxylation is 1. The van der Waals surface area contributed by atoms with Crippen LogP contribution in [0.5, 0.6) is 0 Å². The van der Waals surface area contributed by atoms with E-state index in [0.717, 1.165) is 18.4 Å². The number of nitrogens with two attached hydrogens (primary N) is 1. The van der Waals surface area contributed by atoms with E-state index in [2.05, 4.69) is 6.92 Å². The first kappa shape index (κ1) is 15.0. The molecule has 5 heteroatoms. The molecule has 1 rings (SSSR count). The zero-order chi connectivity index (χ0) is 13.6. The van der Waals surface area contributed by atoms with Gasteiger partial charge in [0.2, 0.25) is 0 Å². The minimum absolute atomic E-state index is 0.0234. The minimum Gasteiger partial charge on any atom is -0.397 e. The van der Waals surface area contributed by atoms with E-state index < -0.39 is 9.84 Å². The van der Waals surface area contributed by atoms with Gasteiger partial charge in [-0.05, 0) is 25.0 Å². The third kappa shape index (κ3) is 3.99. The number of benzene rings is 1. The van der Waals surface area contributed by atoms with Gasteiger partial charge in [-0.2, -0.15) is 0 Å². The summed E-state index contributed by atoms with van der Waals surface area (Å²) in [6, 6.07) is 5.05. The first-order chi connectivity index (χ1) is 8.49. The van der Waals surface area contributed by atoms with Crippen molar-refractivity contribution < 1.29 is 13.2 Å². The molecule has 0 heterocycles. The number of para-hydroxylation sites is 1. The molecule has 1 aromatic carbocycles. The minimum atomic E-state index is -3.35. The van der Waals surface area contributed by atoms with Crippen molar-refractivity contribution >= 4 is 15.5 Å². The normalized spacial score (nSPS) is 11.7. The van der Waals surface area contributed by atoms with E-state index in [-0.39, 0.29) is 17.3 Å². The van der Waals surface area contributed by atoms with Crippen molar-refractivity contribution in [1.29, 1.82) is 0 Å². The molecule has 2 N–H and O–H groups in total. The Morgan fingerprint density at radius 2 is 2.00 bits per heavy atom. The van der Waals surface area contributed by atoms with Gasteiger partial charge in [0.05, 0.1) is 22.9 Å². The van der Waals surface area contributed by atoms with Gasteiger partial charge in [0.1, 0.15) is 0 Å². The second kappa shape index (κ2) is 6.75. The lowest BCUT2D eigenvalue weighted by molar-refractivity contribution is 0.146. The molecule has 18 heavy (non-hydrogen) atoms. The van der Waals surface area contributed by atoms with Gasteiger partial charge in [-0.25, -0.2) is 8.42 Å². The summed E-state index contributed by atoms with van der Waals surface area (Å²) in [6.07, 6.45) is 1.99. The predicted octanol–water partition coefficient (Wildman–Crippen LogP) is 2.17. The van der Waals surface area contributed by atoms with Crippen LogP contribution in [-0.2, 0) is 14.6 Å². The molecule has 0 saturated carbocycles. The fourth-order valence-electron chi connectivity index (χ4n) is 1.55. The molecule has 0 aromatic heterocycles. The summed E-state index contributed by atoms with van der Waals surface area (Å²) >= 11 is 0. The zero-order valence-corrected chi connectivity index (χ0v) is 11.8. The van der Waals surface area contributed by atoms with Gasteiger partial charge in [0.25, 0.3) is 0 Å². The summed E-state index contributed by atoms with van der Waals surface area (Å²) in [4.78, 5) is 0.210. The molecule has 0 unspecified atom stereocenters. The van der Waals surface area contributed by atoms with Crippen molar-refractivity contribution in [1.82, 2.24) is 0 Å². The Hall–Kier alpha value is -1.07. The molecule has 0 spiro atoms. The fourth-order valence-corrected chi connectivity index (χ4v) is 2.89. The van der Waals surface area contributed by atoms with Crippen molar-refractivity contribution in [3.05, 3.63) is 23.8 Å². The van der Waals surface area contributed by atoms with E-state index in [9.17, 15) is 8.42 Å². The maximum atomic E-state index is 12.1. The Balaban J connectivity index is 2.66. The van der Waals surface area contributed by atoms with Crippen LogP contribution in [0.25, 0.3) is 0 Å². The molecule has 0 aliphatic carbocycles. The lowest BCUT2D eigenvalue weighted by atomic mass is 10.2. The van der Waals surface area contributed by atoms with Gasteiger partial charge in [-0.1, -0.05) is 25.5 Å². The maximum Gasteiger partial charge on any atom is 0.182 e. The third-order valence-corrected chi connectivity index (χ3v) is 4.49. The summed E-state index contributed by atoms with van der Waals surface area (Å²) in [5, 5.41) is 0. The van der Waals surface area contributed by atoms with Gasteiger partial charge in [-0.15, -0.1) is 0 Å². The van der Waals surface area contributed by atoms with Gasteiger partial charge in [-0.3, -0.25) is 0 Å². The molecular weight excluding hydrogens is 250 g/mol. The summed E-state index contributed by atoms with van der Waals surface area (Å²) in [5.41, 5.74) is 6.92. The molecule has 0 amide bonds. The molecule has 4 nitrogen and oxygen atoms in total. The molecule has 0 aliphatic rings. The van der Waals surface area contributed by atoms with E-state index in [0.29, 0.717) is 12.3 Å². The van der Waals surface area contributed by atoms with Gasteiger partial charge in [0, 0.05) is 6.61 Å². The van der Waals surface area contributed by atoms with Crippen molar-refractivity contribution in [3.63, 3.8) is 0 Å². The smallest absolute Gasteiger partial charge is 0.182 e. The number of sulfone groups is 1. The predicted molar refractivity (Wildman–Crippen MR) is 73.4 cm³/mol. The quantitative estimate of drug-likeness (QED) is 0.609. The highest BCUT2D eigenvalue weighted by Gasteiger charge is 2.18. The van der Waals surface area contributed by atoms with E-state index in [1.807, 2.05) is 0 Å². The van der Waals surface area contributed by atoms with Crippen LogP contribution in [-0.4, -0.2) is 27.4 Å². The lowest BCUT2D eigenvalue weighted by Gasteiger charge is -2.09. The maximum absolute atomic E-state index is 12.1. The second-order valence-electron chi connectivity index (χ2n) is 4.27. The highest BCUT2D eigenvalue weighted by Crippen LogP contribution is 2.22. The van der Waals surface area contributed by atoms with Crippen LogP contribution in [0.4, 0.5) is 5.69 Å². The van der Waals surface area contributed by atoms with Crippen LogP contribution in [0.3, 0.4) is 0 Å². The van der Waals surface area contributed by atoms with Crippen LogP contribution < -0.4 is 5.73 Å². The molecule has 102 valence electrons. The highest BCUT2D eigenvalue weighted by atomic mass is 32.2. The Morgan fingerprint density at radius 3 is 2.67 bits per heavy atom. The first-order valence-corrected chi connectivity index (χ1v) is 7.80. The molecule has 1 aromatic rings. The average Bonchev–Trinajstić information content (AvgIpc) is 2.32. The highest BCUT2D eigenvalue weighted by molar-refractivity contribution is 7.91. The van der Waals surface area contributed by atoms with E-state index in [1.165, 1.54) is 0 Å². The molecule has 0 atom stereocenters. The average molecular weight is 271 g/mol. The number of nitrogen functional groups attached to an aromatic ring is 1. The Bertz CT molecular complexity index is 483. The monoisotopic (exact) mass is 271 g/mol. The van der Waals surface area contributed by atoms with E-state index in [4.69, 9.17) is 10.5 Å². The molecule has 0 bridgehead atoms. The number of rotatable bonds is 7. The van der Waals surface area contributed by atoms with Crippen molar-refractivity contribution in [2.75, 3.05) is 24.7 Å². The van der Waals surface area contributed by atoms with Crippen molar-refractivity contribution in [2.45, 2.75) is 31.6 Å². The van der Waals surface area contributed by atoms with Gasteiger partial charge >= 0.3 is 0 Å². The van der Waals surface area contributed by atoms with Crippen LogP contribution in [0.1, 0.15) is 25.3 Å². The van der Waals surface area contributed by atoms with Gasteiger partial charge in [0.15, 0.2) is 9.84 Å². The van der Waals surface area contributed by atoms with E-state index in [1.54, 1.807) is 25.1 Å². The number of unbranched alkanes of at least 4 members (excludes halogenated alkanes) is 1. The summed E-state index contributed by atoms with van der Waals surface area (Å²) < 4.78 is 29.4. The topological polar surface area (TPSA) is 69.4 Å². The molecule has 0 fully saturated rings. The fraction of sp³-hybridized carbons (Fsp3) is 0.538. The van der Waals surface area contributed by atoms with Crippen molar-refractivity contribution in [2.24, 2.45) is 0 Å². The Labute approximate surface area is 109 Å². The number of ether oxygens (including phenoxy) is 1. The Kier molecular flexibility index (Phi) is 5.62. The molecular formula is C13H21NO3S. The number of hydrogen-bond acceptors (Lipinski definition) is 4. The number of hydrogen-bond donors (Lipinski definition) is 1. The first-order valence-electron chi connectivity index (χ1n) is 6.14. The lowest BCUT2D eigenvalue weighted by Crippen LogP contribution is -2.15. The largest absolute Gasteiger partial charge is 0.397 e. The molecule has 0 radical (unpaired) electrons. The van der Waals surface area contributed by atoms with Crippen LogP contribution in [0.15, 0.2) is 23.1 Å². The number of anilines is 1. The zero-order valence-electron chi connectivity index (χ0n) is 11.0. The van der Waals surface area contributed by atoms with Crippen LogP contribution >= 0.6 is 0 Å². The van der Waals surface area contributed by atoms with Crippen molar-refractivity contribution in [3.8, 4) is 0 Å². The standard InChI is InChI=1S/C13H21NO3S/c1-3-4-8-17-9-10-18(15,16)12-7-5-6-11(2)13(12)14/h5-7H,3-4,8-10,14H2,1-2H3. The van der Waals surface area contributed by atoms with E-state index >= 15 is 0 Å². The van der Waals surface area contributed by atoms with Crippen LogP contribution in [0.2, 0.25) is 0 Å². The summed E-state index contributed by atoms with van der Waals surface area (Å²) in [7, 11) is -3.35. The molecule has 0 aliphatic heterocycles. The third-order valence-electron chi connectivity index (χ3n) is 2.76. The van der Waals surface area contributed by atoms with Gasteiger partial charge < -0.3 is 10.5 Å². The Morgan fingerprint density at radius 1 is 1.28 bits per heavy atom. The second-order valence-corrected chi connectivity index (χ2v) is 6.35. The SMILES string of the molecule is CCCCOCCS(=O)(=O)c1cccc(C)c1N. The summed E-state index contributed by atoms with van der Waals surface area (Å²) in [6.45, 7) is 4.69.